The summed E-state index contributed by atoms with van der Waals surface area (Å²) in [6, 6.07) is 16.3. The van der Waals surface area contributed by atoms with Gasteiger partial charge in [0, 0.05) is 11.1 Å². The van der Waals surface area contributed by atoms with Crippen molar-refractivity contribution in [2.24, 2.45) is 0 Å². The minimum atomic E-state index is 0.000815. The average molecular weight is 329 g/mol. The van der Waals surface area contributed by atoms with E-state index in [1.54, 1.807) is 36.4 Å². The van der Waals surface area contributed by atoms with Gasteiger partial charge in [-0.05, 0) is 43.4 Å². The monoisotopic (exact) mass is 329 g/mol. The van der Waals surface area contributed by atoms with Crippen LogP contribution in [0.25, 0.3) is 0 Å². The van der Waals surface area contributed by atoms with Crippen LogP contribution >= 0.6 is 12.2 Å². The molecule has 0 atom stereocenters. The summed E-state index contributed by atoms with van der Waals surface area (Å²) in [6.07, 6.45) is 0. The van der Waals surface area contributed by atoms with Crippen molar-refractivity contribution in [3.05, 3.63) is 65.7 Å². The number of benzene rings is 2. The van der Waals surface area contributed by atoms with E-state index in [1.807, 2.05) is 25.1 Å². The maximum absolute atomic E-state index is 12.3. The lowest BCUT2D eigenvalue weighted by Crippen LogP contribution is -2.28. The maximum atomic E-state index is 12.3. The number of carbonyl (C=O) groups is 1. The predicted molar refractivity (Wildman–Crippen MR) is 94.0 cm³/mol. The van der Waals surface area contributed by atoms with Gasteiger partial charge in [-0.1, -0.05) is 30.3 Å². The first kappa shape index (κ1) is 17.0. The van der Waals surface area contributed by atoms with E-state index in [2.05, 4.69) is 5.32 Å². The number of ether oxygens (including phenoxy) is 2. The third kappa shape index (κ3) is 5.38. The first-order chi connectivity index (χ1) is 11.2. The van der Waals surface area contributed by atoms with Gasteiger partial charge in [-0.2, -0.15) is 0 Å². The Hall–Kier alpha value is -2.40. The van der Waals surface area contributed by atoms with Crippen LogP contribution in [0, 0.1) is 0 Å². The van der Waals surface area contributed by atoms with Crippen LogP contribution in [0.1, 0.15) is 22.8 Å². The molecule has 0 spiro atoms. The van der Waals surface area contributed by atoms with Crippen molar-refractivity contribution in [2.45, 2.75) is 6.92 Å². The molecule has 2 rings (SSSR count). The van der Waals surface area contributed by atoms with E-state index in [-0.39, 0.29) is 5.78 Å². The molecule has 2 aromatic carbocycles. The van der Waals surface area contributed by atoms with Crippen molar-refractivity contribution in [1.82, 2.24) is 5.32 Å². The zero-order chi connectivity index (χ0) is 16.5. The fourth-order valence-corrected chi connectivity index (χ4v) is 2.18. The van der Waals surface area contributed by atoms with Crippen molar-refractivity contribution in [1.29, 1.82) is 0 Å². The Bertz CT molecular complexity index is 641. The highest BCUT2D eigenvalue weighted by molar-refractivity contribution is 7.80. The van der Waals surface area contributed by atoms with Crippen molar-refractivity contribution < 1.29 is 14.3 Å². The smallest absolute Gasteiger partial charge is 0.256 e. The number of thiocarbonyl (C=S) groups is 1. The lowest BCUT2D eigenvalue weighted by Gasteiger charge is -2.10. The molecule has 0 heterocycles. The van der Waals surface area contributed by atoms with Crippen molar-refractivity contribution in [3.8, 4) is 5.75 Å². The van der Waals surface area contributed by atoms with Crippen LogP contribution in [0.5, 0.6) is 5.75 Å². The number of rotatable bonds is 7. The van der Waals surface area contributed by atoms with Gasteiger partial charge in [0.1, 0.15) is 12.4 Å². The van der Waals surface area contributed by atoms with E-state index in [1.165, 1.54) is 0 Å². The summed E-state index contributed by atoms with van der Waals surface area (Å²) in [5.74, 6) is 0.708. The Balaban J connectivity index is 1.83. The van der Waals surface area contributed by atoms with Crippen LogP contribution in [0.3, 0.4) is 0 Å². The van der Waals surface area contributed by atoms with Crippen LogP contribution in [0.2, 0.25) is 0 Å². The Morgan fingerprint density at radius 2 is 1.70 bits per heavy atom. The maximum Gasteiger partial charge on any atom is 0.256 e. The molecule has 0 fully saturated rings. The number of ketones is 1. The van der Waals surface area contributed by atoms with Crippen LogP contribution in [0.4, 0.5) is 0 Å². The van der Waals surface area contributed by atoms with Gasteiger partial charge in [0.2, 0.25) is 0 Å². The van der Waals surface area contributed by atoms with Gasteiger partial charge in [-0.3, -0.25) is 4.79 Å². The largest absolute Gasteiger partial charge is 0.492 e. The SMILES string of the molecule is CCOC(=S)NCCOc1ccc(C(=O)c2ccccc2)cc1. The van der Waals surface area contributed by atoms with Crippen molar-refractivity contribution in [2.75, 3.05) is 19.8 Å². The third-order valence-electron chi connectivity index (χ3n) is 3.07. The van der Waals surface area contributed by atoms with Gasteiger partial charge in [-0.15, -0.1) is 0 Å². The molecule has 0 aliphatic rings. The van der Waals surface area contributed by atoms with Gasteiger partial charge >= 0.3 is 0 Å². The fraction of sp³-hybridized carbons (Fsp3) is 0.222. The van der Waals surface area contributed by atoms with Crippen LogP contribution in [0.15, 0.2) is 54.6 Å². The average Bonchev–Trinajstić information content (AvgIpc) is 2.60. The molecule has 0 aliphatic heterocycles. The third-order valence-corrected chi connectivity index (χ3v) is 3.33. The topological polar surface area (TPSA) is 47.6 Å². The van der Waals surface area contributed by atoms with Crippen molar-refractivity contribution >= 4 is 23.2 Å². The molecule has 2 aromatic rings. The molecule has 0 aliphatic carbocycles. The molecule has 0 bridgehead atoms. The predicted octanol–water partition coefficient (Wildman–Crippen LogP) is 3.21. The molecular weight excluding hydrogens is 310 g/mol. The molecule has 0 saturated heterocycles. The lowest BCUT2D eigenvalue weighted by molar-refractivity contribution is 0.103. The van der Waals surface area contributed by atoms with Gasteiger partial charge in [0.15, 0.2) is 5.78 Å². The Labute approximate surface area is 141 Å². The van der Waals surface area contributed by atoms with Crippen LogP contribution in [-0.4, -0.2) is 30.7 Å². The summed E-state index contributed by atoms with van der Waals surface area (Å²) < 4.78 is 10.7. The Kier molecular flexibility index (Phi) is 6.56. The number of hydrogen-bond acceptors (Lipinski definition) is 4. The second-order valence-corrected chi connectivity index (χ2v) is 5.09. The Morgan fingerprint density at radius 3 is 2.35 bits per heavy atom. The molecule has 1 N–H and O–H groups in total. The van der Waals surface area contributed by atoms with Gasteiger partial charge in [0.25, 0.3) is 5.17 Å². The summed E-state index contributed by atoms with van der Waals surface area (Å²) in [6.45, 7) is 3.44. The molecule has 0 aromatic heterocycles. The summed E-state index contributed by atoms with van der Waals surface area (Å²) in [7, 11) is 0. The van der Waals surface area contributed by atoms with Gasteiger partial charge in [-0.25, -0.2) is 0 Å². The molecule has 5 heteroatoms. The first-order valence-electron chi connectivity index (χ1n) is 7.44. The van der Waals surface area contributed by atoms with Crippen LogP contribution in [-0.2, 0) is 4.74 Å². The molecule has 4 nitrogen and oxygen atoms in total. The zero-order valence-corrected chi connectivity index (χ0v) is 13.8. The van der Waals surface area contributed by atoms with E-state index in [0.717, 1.165) is 0 Å². The lowest BCUT2D eigenvalue weighted by atomic mass is 10.0. The van der Waals surface area contributed by atoms with Crippen molar-refractivity contribution in [3.63, 3.8) is 0 Å². The minimum absolute atomic E-state index is 0.000815. The Morgan fingerprint density at radius 1 is 1.04 bits per heavy atom. The molecular formula is C18H19NO3S. The number of hydrogen-bond donors (Lipinski definition) is 1. The summed E-state index contributed by atoms with van der Waals surface area (Å²) in [4.78, 5) is 12.3. The second kappa shape index (κ2) is 8.90. The molecule has 0 saturated carbocycles. The highest BCUT2D eigenvalue weighted by Gasteiger charge is 2.08. The molecule has 0 unspecified atom stereocenters. The summed E-state index contributed by atoms with van der Waals surface area (Å²) in [5, 5.41) is 3.31. The van der Waals surface area contributed by atoms with Crippen LogP contribution < -0.4 is 10.1 Å². The summed E-state index contributed by atoms with van der Waals surface area (Å²) >= 11 is 4.95. The molecule has 23 heavy (non-hydrogen) atoms. The van der Waals surface area contributed by atoms with E-state index >= 15 is 0 Å². The highest BCUT2D eigenvalue weighted by atomic mass is 32.1. The highest BCUT2D eigenvalue weighted by Crippen LogP contribution is 2.15. The standard InChI is InChI=1S/C18H19NO3S/c1-2-21-18(23)19-12-13-22-16-10-8-15(9-11-16)17(20)14-6-4-3-5-7-14/h3-11H,2,12-13H2,1H3,(H,19,23). The van der Waals surface area contributed by atoms with E-state index in [4.69, 9.17) is 21.7 Å². The molecule has 0 amide bonds. The van der Waals surface area contributed by atoms with E-state index < -0.39 is 0 Å². The normalized spacial score (nSPS) is 9.96. The first-order valence-corrected chi connectivity index (χ1v) is 7.84. The minimum Gasteiger partial charge on any atom is -0.492 e. The number of nitrogens with one attached hydrogen (secondary N) is 1. The van der Waals surface area contributed by atoms with E-state index in [0.29, 0.717) is 41.8 Å². The summed E-state index contributed by atoms with van der Waals surface area (Å²) in [5.41, 5.74) is 1.31. The number of carbonyl (C=O) groups excluding carboxylic acids is 1. The zero-order valence-electron chi connectivity index (χ0n) is 13.0. The quantitative estimate of drug-likeness (QED) is 0.480. The fourth-order valence-electron chi connectivity index (χ4n) is 1.96. The van der Waals surface area contributed by atoms with E-state index in [9.17, 15) is 4.79 Å². The second-order valence-electron chi connectivity index (χ2n) is 4.72. The molecule has 0 radical (unpaired) electrons. The van der Waals surface area contributed by atoms with Gasteiger partial charge < -0.3 is 14.8 Å². The van der Waals surface area contributed by atoms with Gasteiger partial charge in [0.05, 0.1) is 13.2 Å². The molecule has 120 valence electrons.